The second-order valence-electron chi connectivity index (χ2n) is 6.47. The van der Waals surface area contributed by atoms with Crippen LogP contribution in [0.2, 0.25) is 0 Å². The summed E-state index contributed by atoms with van der Waals surface area (Å²) >= 11 is 0. The number of benzene rings is 1. The number of nitrogens with zero attached hydrogens (tertiary/aromatic N) is 2. The molecule has 2 rings (SSSR count). The highest BCUT2D eigenvalue weighted by Crippen LogP contribution is 2.19. The molecule has 1 heterocycles. The molecular weight excluding hydrogens is 430 g/mol. The molecule has 1 aromatic carbocycles. The molecular formula is C19H32FIN4. The van der Waals surface area contributed by atoms with Gasteiger partial charge in [-0.05, 0) is 68.9 Å². The summed E-state index contributed by atoms with van der Waals surface area (Å²) in [5.41, 5.74) is 1.13. The van der Waals surface area contributed by atoms with Crippen LogP contribution in [0.1, 0.15) is 31.7 Å². The highest BCUT2D eigenvalue weighted by Gasteiger charge is 2.17. The van der Waals surface area contributed by atoms with Crippen molar-refractivity contribution in [1.29, 1.82) is 0 Å². The second-order valence-corrected chi connectivity index (χ2v) is 6.47. The minimum atomic E-state index is -0.186. The molecule has 1 saturated heterocycles. The van der Waals surface area contributed by atoms with Crippen molar-refractivity contribution in [2.24, 2.45) is 10.9 Å². The summed E-state index contributed by atoms with van der Waals surface area (Å²) in [4.78, 5) is 6.80. The van der Waals surface area contributed by atoms with Crippen molar-refractivity contribution < 1.29 is 4.39 Å². The van der Waals surface area contributed by atoms with Gasteiger partial charge in [0.2, 0.25) is 0 Å². The third-order valence-electron chi connectivity index (χ3n) is 4.84. The van der Waals surface area contributed by atoms with E-state index < -0.39 is 0 Å². The van der Waals surface area contributed by atoms with E-state index in [1.165, 1.54) is 51.0 Å². The fraction of sp³-hybridized carbons (Fsp3) is 0.632. The van der Waals surface area contributed by atoms with E-state index in [1.54, 1.807) is 7.05 Å². The molecule has 1 aliphatic rings. The van der Waals surface area contributed by atoms with Crippen molar-refractivity contribution in [3.8, 4) is 0 Å². The Balaban J connectivity index is 0.00000312. The maximum Gasteiger partial charge on any atom is 0.190 e. The molecule has 1 fully saturated rings. The average molecular weight is 462 g/mol. The quantitative estimate of drug-likeness (QED) is 0.371. The summed E-state index contributed by atoms with van der Waals surface area (Å²) in [6.45, 7) is 7.66. The zero-order valence-corrected chi connectivity index (χ0v) is 17.8. The Morgan fingerprint density at radius 1 is 1.16 bits per heavy atom. The Bertz CT molecular complexity index is 499. The normalized spacial score (nSPS) is 16.4. The van der Waals surface area contributed by atoms with Crippen molar-refractivity contribution in [2.75, 3.05) is 39.8 Å². The Morgan fingerprint density at radius 3 is 2.40 bits per heavy atom. The van der Waals surface area contributed by atoms with E-state index in [2.05, 4.69) is 27.4 Å². The summed E-state index contributed by atoms with van der Waals surface area (Å²) in [6, 6.07) is 6.67. The number of hydrogen-bond donors (Lipinski definition) is 2. The van der Waals surface area contributed by atoms with Crippen molar-refractivity contribution >= 4 is 29.9 Å². The van der Waals surface area contributed by atoms with Crippen LogP contribution >= 0.6 is 24.0 Å². The first-order valence-corrected chi connectivity index (χ1v) is 9.12. The van der Waals surface area contributed by atoms with E-state index in [9.17, 15) is 4.39 Å². The van der Waals surface area contributed by atoms with Gasteiger partial charge in [0.1, 0.15) is 5.82 Å². The zero-order chi connectivity index (χ0) is 17.2. The molecule has 6 heteroatoms. The largest absolute Gasteiger partial charge is 0.356 e. The van der Waals surface area contributed by atoms with Gasteiger partial charge in [-0.2, -0.15) is 0 Å². The van der Waals surface area contributed by atoms with Gasteiger partial charge in [0.25, 0.3) is 0 Å². The Morgan fingerprint density at radius 2 is 1.80 bits per heavy atom. The molecule has 0 aliphatic carbocycles. The van der Waals surface area contributed by atoms with Crippen molar-refractivity contribution in [2.45, 2.75) is 32.6 Å². The Hall–Kier alpha value is -0.890. The monoisotopic (exact) mass is 462 g/mol. The molecule has 0 bridgehead atoms. The number of rotatable bonds is 7. The van der Waals surface area contributed by atoms with Gasteiger partial charge in [0.05, 0.1) is 0 Å². The molecule has 0 amide bonds. The predicted octanol–water partition coefficient (Wildman–Crippen LogP) is 3.27. The fourth-order valence-corrected chi connectivity index (χ4v) is 3.18. The number of piperidine rings is 1. The van der Waals surface area contributed by atoms with Crippen LogP contribution in [-0.2, 0) is 6.42 Å². The smallest absolute Gasteiger partial charge is 0.190 e. The molecule has 2 N–H and O–H groups in total. The summed E-state index contributed by atoms with van der Waals surface area (Å²) in [5, 5.41) is 6.73. The molecule has 0 unspecified atom stereocenters. The minimum absolute atomic E-state index is 0. The second kappa shape index (κ2) is 12.5. The van der Waals surface area contributed by atoms with E-state index in [0.29, 0.717) is 0 Å². The van der Waals surface area contributed by atoms with E-state index in [-0.39, 0.29) is 29.8 Å². The minimum Gasteiger partial charge on any atom is -0.356 e. The first-order chi connectivity index (χ1) is 11.7. The molecule has 0 atom stereocenters. The maximum atomic E-state index is 12.9. The molecule has 142 valence electrons. The van der Waals surface area contributed by atoms with Gasteiger partial charge in [-0.15, -0.1) is 24.0 Å². The lowest BCUT2D eigenvalue weighted by atomic mass is 9.93. The van der Waals surface area contributed by atoms with Gasteiger partial charge in [-0.1, -0.05) is 19.1 Å². The van der Waals surface area contributed by atoms with E-state index in [1.807, 2.05) is 12.1 Å². The summed E-state index contributed by atoms with van der Waals surface area (Å²) in [5.74, 6) is 1.50. The summed E-state index contributed by atoms with van der Waals surface area (Å²) in [7, 11) is 1.80. The van der Waals surface area contributed by atoms with Gasteiger partial charge >= 0.3 is 0 Å². The van der Waals surface area contributed by atoms with Crippen LogP contribution in [0.5, 0.6) is 0 Å². The van der Waals surface area contributed by atoms with Crippen molar-refractivity contribution in [1.82, 2.24) is 15.5 Å². The number of hydrogen-bond acceptors (Lipinski definition) is 2. The third kappa shape index (κ3) is 8.35. The van der Waals surface area contributed by atoms with E-state index in [4.69, 9.17) is 0 Å². The number of likely N-dealkylation sites (tertiary alicyclic amines) is 1. The number of guanidine groups is 1. The zero-order valence-electron chi connectivity index (χ0n) is 15.4. The van der Waals surface area contributed by atoms with Crippen LogP contribution in [-0.4, -0.2) is 50.6 Å². The SMILES string of the molecule is CCN1CCC(CCNC(=NC)NCCc2ccc(F)cc2)CC1.I. The molecule has 1 aromatic rings. The van der Waals surface area contributed by atoms with Crippen LogP contribution in [0.15, 0.2) is 29.3 Å². The van der Waals surface area contributed by atoms with E-state index >= 15 is 0 Å². The molecule has 0 radical (unpaired) electrons. The number of nitrogens with one attached hydrogen (secondary N) is 2. The van der Waals surface area contributed by atoms with Crippen LogP contribution in [0.3, 0.4) is 0 Å². The van der Waals surface area contributed by atoms with Gasteiger partial charge in [-0.25, -0.2) is 4.39 Å². The van der Waals surface area contributed by atoms with Gasteiger partial charge in [0.15, 0.2) is 5.96 Å². The van der Waals surface area contributed by atoms with Crippen LogP contribution in [0.4, 0.5) is 4.39 Å². The van der Waals surface area contributed by atoms with E-state index in [0.717, 1.165) is 37.0 Å². The Kier molecular flexibility index (Phi) is 11.0. The van der Waals surface area contributed by atoms with Gasteiger partial charge < -0.3 is 15.5 Å². The molecule has 4 nitrogen and oxygen atoms in total. The third-order valence-corrected chi connectivity index (χ3v) is 4.84. The molecule has 25 heavy (non-hydrogen) atoms. The standard InChI is InChI=1S/C19H31FN4.HI/c1-3-24-14-10-17(11-15-24)9-13-23-19(21-2)22-12-8-16-4-6-18(20)7-5-16;/h4-7,17H,3,8-15H2,1-2H3,(H2,21,22,23);1H. The lowest BCUT2D eigenvalue weighted by Gasteiger charge is -2.31. The van der Waals surface area contributed by atoms with Gasteiger partial charge in [-0.3, -0.25) is 4.99 Å². The highest BCUT2D eigenvalue weighted by molar-refractivity contribution is 14.0. The topological polar surface area (TPSA) is 39.7 Å². The van der Waals surface area contributed by atoms with Crippen molar-refractivity contribution in [3.05, 3.63) is 35.6 Å². The van der Waals surface area contributed by atoms with Crippen LogP contribution < -0.4 is 10.6 Å². The summed E-state index contributed by atoms with van der Waals surface area (Å²) in [6.07, 6.45) is 4.69. The maximum absolute atomic E-state index is 12.9. The fourth-order valence-electron chi connectivity index (χ4n) is 3.18. The highest BCUT2D eigenvalue weighted by atomic mass is 127. The molecule has 0 saturated carbocycles. The first-order valence-electron chi connectivity index (χ1n) is 9.12. The molecule has 0 spiro atoms. The molecule has 1 aliphatic heterocycles. The van der Waals surface area contributed by atoms with Crippen LogP contribution in [0.25, 0.3) is 0 Å². The predicted molar refractivity (Wildman–Crippen MR) is 114 cm³/mol. The Labute approximate surface area is 168 Å². The van der Waals surface area contributed by atoms with Crippen LogP contribution in [0, 0.1) is 11.7 Å². The van der Waals surface area contributed by atoms with Gasteiger partial charge in [0, 0.05) is 20.1 Å². The number of aliphatic imine (C=N–C) groups is 1. The molecule has 0 aromatic heterocycles. The summed E-state index contributed by atoms with van der Waals surface area (Å²) < 4.78 is 12.9. The average Bonchev–Trinajstić information content (AvgIpc) is 2.62. The lowest BCUT2D eigenvalue weighted by Crippen LogP contribution is -2.40. The van der Waals surface area contributed by atoms with Crippen molar-refractivity contribution in [3.63, 3.8) is 0 Å². The number of halogens is 2. The first kappa shape index (κ1) is 22.2. The lowest BCUT2D eigenvalue weighted by molar-refractivity contribution is 0.187.